The first-order valence-electron chi connectivity index (χ1n) is 5.71. The van der Waals surface area contributed by atoms with Gasteiger partial charge in [0.25, 0.3) is 0 Å². The van der Waals surface area contributed by atoms with E-state index in [0.29, 0.717) is 11.6 Å². The number of nitrogen functional groups attached to an aromatic ring is 1. The molecule has 0 saturated carbocycles. The van der Waals surface area contributed by atoms with Crippen LogP contribution in [0.3, 0.4) is 0 Å². The molecule has 2 N–H and O–H groups in total. The van der Waals surface area contributed by atoms with Crippen LogP contribution in [0.15, 0.2) is 6.20 Å². The summed E-state index contributed by atoms with van der Waals surface area (Å²) in [5.41, 5.74) is 5.85. The minimum absolute atomic E-state index is 0.182. The number of aromatic nitrogens is 1. The lowest BCUT2D eigenvalue weighted by Crippen LogP contribution is -2.07. The third kappa shape index (κ3) is 7.91. The second-order valence-corrected chi connectivity index (χ2v) is 7.31. The van der Waals surface area contributed by atoms with Gasteiger partial charge in [-0.2, -0.15) is 0 Å². The van der Waals surface area contributed by atoms with Crippen LogP contribution >= 0.6 is 11.3 Å². The number of thiazole rings is 1. The van der Waals surface area contributed by atoms with E-state index in [2.05, 4.69) is 25.8 Å². The highest BCUT2D eigenvalue weighted by molar-refractivity contribution is 7.15. The van der Waals surface area contributed by atoms with Gasteiger partial charge >= 0.3 is 0 Å². The summed E-state index contributed by atoms with van der Waals surface area (Å²) >= 11 is 1.56. The third-order valence-electron chi connectivity index (χ3n) is 1.96. The number of anilines is 1. The molecule has 0 aliphatic heterocycles. The van der Waals surface area contributed by atoms with Crippen molar-refractivity contribution in [3.05, 3.63) is 11.1 Å². The van der Waals surface area contributed by atoms with Crippen LogP contribution in [0.25, 0.3) is 0 Å². The minimum Gasteiger partial charge on any atom is -0.375 e. The Kier molecular flexibility index (Phi) is 5.82. The van der Waals surface area contributed by atoms with Gasteiger partial charge in [0.05, 0.1) is 0 Å². The topological polar surface area (TPSA) is 56.0 Å². The van der Waals surface area contributed by atoms with Crippen LogP contribution in [-0.4, -0.2) is 11.3 Å². The second-order valence-electron chi connectivity index (χ2n) is 6.24. The first-order valence-corrected chi connectivity index (χ1v) is 6.53. The average molecular weight is 256 g/mol. The molecule has 0 aliphatic carbocycles. The number of carbonyl (C=O) groups excluding carboxylic acids is 1. The lowest BCUT2D eigenvalue weighted by atomic mass is 9.93. The zero-order chi connectivity index (χ0) is 13.7. The lowest BCUT2D eigenvalue weighted by Gasteiger charge is -2.13. The van der Waals surface area contributed by atoms with Gasteiger partial charge in [0.15, 0.2) is 5.13 Å². The number of nitrogens with zero attached hydrogens (tertiary/aromatic N) is 1. The fraction of sp³-hybridized carbons (Fsp3) is 0.692. The molecule has 0 saturated heterocycles. The quantitative estimate of drug-likeness (QED) is 0.780. The molecule has 0 aromatic carbocycles. The smallest absolute Gasteiger partial charge is 0.180 e. The first kappa shape index (κ1) is 16.1. The van der Waals surface area contributed by atoms with Gasteiger partial charge in [-0.1, -0.05) is 41.5 Å². The highest BCUT2D eigenvalue weighted by Gasteiger charge is 2.15. The van der Waals surface area contributed by atoms with E-state index in [-0.39, 0.29) is 10.8 Å². The Hall–Kier alpha value is -0.900. The fourth-order valence-electron chi connectivity index (χ4n) is 0.884. The molecule has 0 fully saturated rings. The number of rotatable bonds is 1. The highest BCUT2D eigenvalue weighted by atomic mass is 32.1. The zero-order valence-corrected chi connectivity index (χ0v) is 12.5. The van der Waals surface area contributed by atoms with Gasteiger partial charge in [-0.05, 0) is 10.8 Å². The number of hydrogen-bond acceptors (Lipinski definition) is 4. The molecular weight excluding hydrogens is 232 g/mol. The van der Waals surface area contributed by atoms with Crippen molar-refractivity contribution in [1.29, 1.82) is 0 Å². The minimum atomic E-state index is 0.182. The molecule has 1 aromatic heterocycles. The Morgan fingerprint density at radius 1 is 1.29 bits per heavy atom. The van der Waals surface area contributed by atoms with Crippen LogP contribution in [0.4, 0.5) is 5.13 Å². The van der Waals surface area contributed by atoms with Gasteiger partial charge in [0.2, 0.25) is 0 Å². The molecule has 98 valence electrons. The molecule has 4 heteroatoms. The normalized spacial score (nSPS) is 11.6. The van der Waals surface area contributed by atoms with Crippen LogP contribution in [0.1, 0.15) is 52.8 Å². The molecule has 3 nitrogen and oxygen atoms in total. The maximum Gasteiger partial charge on any atom is 0.180 e. The van der Waals surface area contributed by atoms with E-state index >= 15 is 0 Å². The van der Waals surface area contributed by atoms with Gasteiger partial charge in [-0.25, -0.2) is 4.98 Å². The summed E-state index contributed by atoms with van der Waals surface area (Å²) in [6, 6.07) is 0. The van der Waals surface area contributed by atoms with Crippen LogP contribution in [0.5, 0.6) is 0 Å². The van der Waals surface area contributed by atoms with Crippen molar-refractivity contribution in [2.75, 3.05) is 5.73 Å². The molecule has 0 unspecified atom stereocenters. The SMILES string of the molecule is CC(C)(C)CC=O.CC(C)(C)c1cnc(N)s1. The van der Waals surface area contributed by atoms with Crippen molar-refractivity contribution in [1.82, 2.24) is 4.98 Å². The number of aldehydes is 1. The summed E-state index contributed by atoms with van der Waals surface area (Å²) in [5, 5.41) is 0.657. The van der Waals surface area contributed by atoms with E-state index in [1.807, 2.05) is 27.0 Å². The van der Waals surface area contributed by atoms with Crippen molar-refractivity contribution in [3.63, 3.8) is 0 Å². The van der Waals surface area contributed by atoms with Crippen molar-refractivity contribution >= 4 is 22.8 Å². The standard InChI is InChI=1S/C7H12N2S.C6H12O/c1-7(2,3)5-4-9-6(8)10-5;1-6(2,3)4-5-7/h4H,1-3H3,(H2,8,9);5H,4H2,1-3H3. The van der Waals surface area contributed by atoms with Gasteiger partial charge in [0.1, 0.15) is 6.29 Å². The van der Waals surface area contributed by atoms with E-state index in [0.717, 1.165) is 6.29 Å². The number of hydrogen-bond donors (Lipinski definition) is 1. The monoisotopic (exact) mass is 256 g/mol. The molecule has 0 bridgehead atoms. The van der Waals surface area contributed by atoms with Gasteiger partial charge in [-0.3, -0.25) is 0 Å². The van der Waals surface area contributed by atoms with Crippen LogP contribution in [0.2, 0.25) is 0 Å². The van der Waals surface area contributed by atoms with E-state index in [1.165, 1.54) is 4.88 Å². The van der Waals surface area contributed by atoms with E-state index in [1.54, 1.807) is 11.3 Å². The maximum atomic E-state index is 9.82. The molecule has 1 rings (SSSR count). The molecule has 0 atom stereocenters. The number of nitrogens with two attached hydrogens (primary N) is 1. The van der Waals surface area contributed by atoms with Crippen molar-refractivity contribution in [2.45, 2.75) is 53.4 Å². The Morgan fingerprint density at radius 3 is 1.94 bits per heavy atom. The van der Waals surface area contributed by atoms with Gasteiger partial charge in [-0.15, -0.1) is 11.3 Å². The van der Waals surface area contributed by atoms with Crippen LogP contribution in [-0.2, 0) is 10.2 Å². The maximum absolute atomic E-state index is 9.82. The van der Waals surface area contributed by atoms with Crippen LogP contribution < -0.4 is 5.73 Å². The average Bonchev–Trinajstić information content (AvgIpc) is 2.49. The summed E-state index contributed by atoms with van der Waals surface area (Å²) in [6.45, 7) is 12.6. The Bertz CT molecular complexity index is 345. The first-order chi connectivity index (χ1) is 7.56. The Labute approximate surface area is 108 Å². The van der Waals surface area contributed by atoms with Crippen molar-refractivity contribution in [2.24, 2.45) is 5.41 Å². The summed E-state index contributed by atoms with van der Waals surface area (Å²) in [5.74, 6) is 0. The summed E-state index contributed by atoms with van der Waals surface area (Å²) in [6.07, 6.45) is 3.47. The molecule has 1 heterocycles. The van der Waals surface area contributed by atoms with Gasteiger partial charge < -0.3 is 10.5 Å². The van der Waals surface area contributed by atoms with E-state index in [4.69, 9.17) is 5.73 Å². The molecule has 0 amide bonds. The summed E-state index contributed by atoms with van der Waals surface area (Å²) in [4.78, 5) is 15.0. The van der Waals surface area contributed by atoms with Crippen molar-refractivity contribution < 1.29 is 4.79 Å². The van der Waals surface area contributed by atoms with Crippen molar-refractivity contribution in [3.8, 4) is 0 Å². The molecule has 0 spiro atoms. The third-order valence-corrected chi connectivity index (χ3v) is 3.21. The summed E-state index contributed by atoms with van der Waals surface area (Å²) in [7, 11) is 0. The van der Waals surface area contributed by atoms with Gasteiger partial charge in [0, 0.05) is 17.5 Å². The molecule has 1 aromatic rings. The van der Waals surface area contributed by atoms with E-state index in [9.17, 15) is 4.79 Å². The largest absolute Gasteiger partial charge is 0.375 e. The molecule has 0 aliphatic rings. The Morgan fingerprint density at radius 2 is 1.82 bits per heavy atom. The fourth-order valence-corrected chi connectivity index (χ4v) is 1.63. The highest BCUT2D eigenvalue weighted by Crippen LogP contribution is 2.28. The Balaban J connectivity index is 0.000000325. The predicted molar refractivity (Wildman–Crippen MR) is 75.4 cm³/mol. The van der Waals surface area contributed by atoms with Crippen LogP contribution in [0, 0.1) is 5.41 Å². The van der Waals surface area contributed by atoms with E-state index < -0.39 is 0 Å². The zero-order valence-electron chi connectivity index (χ0n) is 11.7. The molecule has 17 heavy (non-hydrogen) atoms. The number of carbonyl (C=O) groups is 1. The lowest BCUT2D eigenvalue weighted by molar-refractivity contribution is -0.109. The second kappa shape index (κ2) is 6.15. The predicted octanol–water partition coefficient (Wildman–Crippen LogP) is 3.64. The molecule has 0 radical (unpaired) electrons. The molecular formula is C13H24N2OS. The summed E-state index contributed by atoms with van der Waals surface area (Å²) < 4.78 is 0.